The maximum Gasteiger partial charge on any atom is 0.248 e. The lowest BCUT2D eigenvalue weighted by atomic mass is 10.2. The number of anilines is 2. The molecular weight excluding hydrogens is 289 g/mol. The van der Waals surface area contributed by atoms with E-state index in [1.54, 1.807) is 30.3 Å². The molecule has 0 saturated carbocycles. The van der Waals surface area contributed by atoms with Crippen LogP contribution in [0.4, 0.5) is 15.8 Å². The summed E-state index contributed by atoms with van der Waals surface area (Å²) >= 11 is 5.17. The molecule has 0 unspecified atom stereocenters. The monoisotopic (exact) mass is 303 g/mol. The Hall–Kier alpha value is -2.47. The first-order chi connectivity index (χ1) is 9.95. The van der Waals surface area contributed by atoms with E-state index >= 15 is 0 Å². The van der Waals surface area contributed by atoms with Gasteiger partial charge in [0, 0.05) is 16.9 Å². The lowest BCUT2D eigenvalue weighted by Crippen LogP contribution is -2.20. The van der Waals surface area contributed by atoms with Crippen molar-refractivity contribution >= 4 is 34.6 Å². The zero-order chi connectivity index (χ0) is 15.4. The van der Waals surface area contributed by atoms with Gasteiger partial charge in [0.25, 0.3) is 0 Å². The van der Waals surface area contributed by atoms with E-state index in [2.05, 4.69) is 10.6 Å². The zero-order valence-corrected chi connectivity index (χ0v) is 12.1. The first-order valence-corrected chi connectivity index (χ1v) is 6.60. The number of halogens is 1. The van der Waals surface area contributed by atoms with Gasteiger partial charge in [0.05, 0.1) is 0 Å². The standard InChI is InChI=1S/C15H14FN3OS/c1-9-5-6-11(16)8-13(9)19-15(21)18-12-4-2-3-10(7-12)14(17)20/h2-8H,1H3,(H2,17,20)(H2,18,19,21). The highest BCUT2D eigenvalue weighted by atomic mass is 32.1. The fourth-order valence-electron chi connectivity index (χ4n) is 1.76. The van der Waals surface area contributed by atoms with Crippen molar-refractivity contribution in [3.05, 3.63) is 59.4 Å². The smallest absolute Gasteiger partial charge is 0.248 e. The van der Waals surface area contributed by atoms with Crippen molar-refractivity contribution in [2.24, 2.45) is 5.73 Å². The molecule has 0 bridgehead atoms. The molecular formula is C15H14FN3OS. The van der Waals surface area contributed by atoms with Gasteiger partial charge in [-0.05, 0) is 55.0 Å². The van der Waals surface area contributed by atoms with Crippen LogP contribution in [0.25, 0.3) is 0 Å². The molecule has 2 aromatic carbocycles. The number of carbonyl (C=O) groups is 1. The van der Waals surface area contributed by atoms with Gasteiger partial charge in [0.1, 0.15) is 5.82 Å². The zero-order valence-electron chi connectivity index (χ0n) is 11.3. The summed E-state index contributed by atoms with van der Waals surface area (Å²) in [5.41, 5.74) is 7.67. The van der Waals surface area contributed by atoms with Crippen molar-refractivity contribution in [1.82, 2.24) is 0 Å². The van der Waals surface area contributed by atoms with Crippen LogP contribution in [0, 0.1) is 12.7 Å². The molecule has 4 nitrogen and oxygen atoms in total. The van der Waals surface area contributed by atoms with Crippen molar-refractivity contribution in [2.75, 3.05) is 10.6 Å². The van der Waals surface area contributed by atoms with Crippen LogP contribution in [0.1, 0.15) is 15.9 Å². The number of benzene rings is 2. The second-order valence-electron chi connectivity index (χ2n) is 4.48. The van der Waals surface area contributed by atoms with Crippen molar-refractivity contribution in [2.45, 2.75) is 6.92 Å². The number of thiocarbonyl (C=S) groups is 1. The summed E-state index contributed by atoms with van der Waals surface area (Å²) in [6.45, 7) is 1.85. The minimum absolute atomic E-state index is 0.297. The number of hydrogen-bond donors (Lipinski definition) is 3. The Morgan fingerprint density at radius 2 is 1.95 bits per heavy atom. The maximum absolute atomic E-state index is 13.2. The third-order valence-electron chi connectivity index (χ3n) is 2.85. The number of aryl methyl sites for hydroxylation is 1. The molecule has 21 heavy (non-hydrogen) atoms. The fourth-order valence-corrected chi connectivity index (χ4v) is 1.99. The number of nitrogens with two attached hydrogens (primary N) is 1. The van der Waals surface area contributed by atoms with Gasteiger partial charge in [-0.1, -0.05) is 12.1 Å². The third-order valence-corrected chi connectivity index (χ3v) is 3.06. The molecule has 0 radical (unpaired) electrons. The van der Waals surface area contributed by atoms with E-state index in [9.17, 15) is 9.18 Å². The van der Waals surface area contributed by atoms with Gasteiger partial charge in [-0.15, -0.1) is 0 Å². The minimum Gasteiger partial charge on any atom is -0.366 e. The molecule has 6 heteroatoms. The molecule has 2 aromatic rings. The Labute approximate surface area is 127 Å². The summed E-state index contributed by atoms with van der Waals surface area (Å²) in [5, 5.41) is 6.13. The molecule has 0 atom stereocenters. The molecule has 0 aliphatic heterocycles. The molecule has 0 aromatic heterocycles. The van der Waals surface area contributed by atoms with Crippen LogP contribution >= 0.6 is 12.2 Å². The number of amides is 1. The molecule has 4 N–H and O–H groups in total. The molecule has 1 amide bonds. The molecule has 2 rings (SSSR count). The van der Waals surface area contributed by atoms with Gasteiger partial charge in [0.15, 0.2) is 5.11 Å². The van der Waals surface area contributed by atoms with Crippen LogP contribution in [-0.2, 0) is 0 Å². The molecule has 0 aliphatic carbocycles. The Morgan fingerprint density at radius 1 is 1.19 bits per heavy atom. The highest BCUT2D eigenvalue weighted by Crippen LogP contribution is 2.17. The molecule has 0 spiro atoms. The molecule has 0 heterocycles. The number of carbonyl (C=O) groups excluding carboxylic acids is 1. The minimum atomic E-state index is -0.515. The summed E-state index contributed by atoms with van der Waals surface area (Å²) < 4.78 is 13.2. The predicted octanol–water partition coefficient (Wildman–Crippen LogP) is 3.04. The Bertz CT molecular complexity index is 703. The second-order valence-corrected chi connectivity index (χ2v) is 4.89. The summed E-state index contributed by atoms with van der Waals surface area (Å²) in [7, 11) is 0. The van der Waals surface area contributed by atoms with Crippen LogP contribution in [0.15, 0.2) is 42.5 Å². The van der Waals surface area contributed by atoms with Crippen molar-refractivity contribution < 1.29 is 9.18 Å². The van der Waals surface area contributed by atoms with E-state index in [4.69, 9.17) is 18.0 Å². The Morgan fingerprint density at radius 3 is 2.67 bits per heavy atom. The van der Waals surface area contributed by atoms with E-state index in [0.717, 1.165) is 5.56 Å². The van der Waals surface area contributed by atoms with Crippen LogP contribution in [0.3, 0.4) is 0 Å². The molecule has 108 valence electrons. The van der Waals surface area contributed by atoms with Gasteiger partial charge in [-0.25, -0.2) is 4.39 Å². The highest BCUT2D eigenvalue weighted by molar-refractivity contribution is 7.80. The average Bonchev–Trinajstić information content (AvgIpc) is 2.43. The van der Waals surface area contributed by atoms with Gasteiger partial charge < -0.3 is 16.4 Å². The first-order valence-electron chi connectivity index (χ1n) is 6.20. The maximum atomic E-state index is 13.2. The predicted molar refractivity (Wildman–Crippen MR) is 85.9 cm³/mol. The first kappa shape index (κ1) is 14.9. The Balaban J connectivity index is 2.10. The average molecular weight is 303 g/mol. The van der Waals surface area contributed by atoms with E-state index < -0.39 is 5.91 Å². The number of nitrogens with one attached hydrogen (secondary N) is 2. The number of hydrogen-bond acceptors (Lipinski definition) is 2. The van der Waals surface area contributed by atoms with Gasteiger partial charge >= 0.3 is 0 Å². The largest absolute Gasteiger partial charge is 0.366 e. The molecule has 0 saturated heterocycles. The van der Waals surface area contributed by atoms with E-state index in [1.165, 1.54) is 12.1 Å². The molecule has 0 aliphatic rings. The fraction of sp³-hybridized carbons (Fsp3) is 0.0667. The summed E-state index contributed by atoms with van der Waals surface area (Å²) in [6.07, 6.45) is 0. The van der Waals surface area contributed by atoms with Crippen LogP contribution in [-0.4, -0.2) is 11.0 Å². The van der Waals surface area contributed by atoms with E-state index in [0.29, 0.717) is 22.1 Å². The van der Waals surface area contributed by atoms with Crippen LogP contribution in [0.2, 0.25) is 0 Å². The lowest BCUT2D eigenvalue weighted by molar-refractivity contribution is 0.100. The van der Waals surface area contributed by atoms with Gasteiger partial charge in [-0.2, -0.15) is 0 Å². The highest BCUT2D eigenvalue weighted by Gasteiger charge is 2.05. The van der Waals surface area contributed by atoms with Crippen LogP contribution in [0.5, 0.6) is 0 Å². The summed E-state index contributed by atoms with van der Waals surface area (Å²) in [5.74, 6) is -0.861. The van der Waals surface area contributed by atoms with Crippen molar-refractivity contribution in [3.8, 4) is 0 Å². The van der Waals surface area contributed by atoms with Gasteiger partial charge in [-0.3, -0.25) is 4.79 Å². The molecule has 0 fully saturated rings. The third kappa shape index (κ3) is 4.00. The van der Waals surface area contributed by atoms with E-state index in [-0.39, 0.29) is 5.82 Å². The lowest BCUT2D eigenvalue weighted by Gasteiger charge is -2.13. The SMILES string of the molecule is Cc1ccc(F)cc1NC(=S)Nc1cccc(C(N)=O)c1. The Kier molecular flexibility index (Phi) is 4.49. The number of primary amides is 1. The van der Waals surface area contributed by atoms with Crippen molar-refractivity contribution in [1.29, 1.82) is 0 Å². The van der Waals surface area contributed by atoms with Gasteiger partial charge in [0.2, 0.25) is 5.91 Å². The number of rotatable bonds is 3. The van der Waals surface area contributed by atoms with E-state index in [1.807, 2.05) is 6.92 Å². The quantitative estimate of drug-likeness (QED) is 0.762. The second kappa shape index (κ2) is 6.32. The van der Waals surface area contributed by atoms with Crippen LogP contribution < -0.4 is 16.4 Å². The normalized spacial score (nSPS) is 10.0. The summed E-state index contributed by atoms with van der Waals surface area (Å²) in [6, 6.07) is 11.1. The topological polar surface area (TPSA) is 67.2 Å². The van der Waals surface area contributed by atoms with Crippen molar-refractivity contribution in [3.63, 3.8) is 0 Å². The summed E-state index contributed by atoms with van der Waals surface area (Å²) in [4.78, 5) is 11.1.